The van der Waals surface area contributed by atoms with Gasteiger partial charge in [-0.2, -0.15) is 5.10 Å². The van der Waals surface area contributed by atoms with E-state index in [0.29, 0.717) is 11.7 Å². The summed E-state index contributed by atoms with van der Waals surface area (Å²) in [4.78, 5) is 15.7. The van der Waals surface area contributed by atoms with Crippen LogP contribution >= 0.6 is 0 Å². The molecule has 0 aliphatic carbocycles. The molecule has 0 radical (unpaired) electrons. The molecule has 84 valence electrons. The standard InChI is InChI=1S/C10H18N4O/c1-7(2)4-8(11)9(15)5-10-12-6-13-14(10)3/h6-8H,4-5,11H2,1-3H3. The highest BCUT2D eigenvalue weighted by Crippen LogP contribution is 2.05. The zero-order chi connectivity index (χ0) is 11.4. The monoisotopic (exact) mass is 210 g/mol. The first-order chi connectivity index (χ1) is 7.00. The number of aromatic nitrogens is 3. The van der Waals surface area contributed by atoms with E-state index in [4.69, 9.17) is 5.73 Å². The van der Waals surface area contributed by atoms with Crippen molar-refractivity contribution >= 4 is 5.78 Å². The summed E-state index contributed by atoms with van der Waals surface area (Å²) in [5, 5.41) is 3.90. The van der Waals surface area contributed by atoms with E-state index < -0.39 is 0 Å². The Kier molecular flexibility index (Phi) is 3.96. The normalized spacial score (nSPS) is 13.1. The summed E-state index contributed by atoms with van der Waals surface area (Å²) in [6, 6.07) is -0.387. The van der Waals surface area contributed by atoms with Gasteiger partial charge in [-0.25, -0.2) is 4.98 Å². The van der Waals surface area contributed by atoms with Gasteiger partial charge in [0.25, 0.3) is 0 Å². The van der Waals surface area contributed by atoms with Crippen LogP contribution in [0, 0.1) is 5.92 Å². The van der Waals surface area contributed by atoms with E-state index >= 15 is 0 Å². The minimum absolute atomic E-state index is 0.0276. The molecule has 15 heavy (non-hydrogen) atoms. The molecule has 0 aromatic carbocycles. The number of carbonyl (C=O) groups excluding carboxylic acids is 1. The molecule has 0 aliphatic heterocycles. The van der Waals surface area contributed by atoms with E-state index in [1.54, 1.807) is 11.7 Å². The van der Waals surface area contributed by atoms with E-state index in [-0.39, 0.29) is 18.2 Å². The summed E-state index contributed by atoms with van der Waals surface area (Å²) in [5.74, 6) is 1.13. The number of nitrogens with two attached hydrogens (primary N) is 1. The molecule has 1 atom stereocenters. The van der Waals surface area contributed by atoms with Crippen LogP contribution in [0.2, 0.25) is 0 Å². The number of rotatable bonds is 5. The van der Waals surface area contributed by atoms with Gasteiger partial charge in [0.1, 0.15) is 12.2 Å². The minimum Gasteiger partial charge on any atom is -0.321 e. The Labute approximate surface area is 89.7 Å². The predicted molar refractivity (Wildman–Crippen MR) is 57.1 cm³/mol. The van der Waals surface area contributed by atoms with Crippen LogP contribution in [0.1, 0.15) is 26.1 Å². The van der Waals surface area contributed by atoms with Crippen molar-refractivity contribution in [3.8, 4) is 0 Å². The molecule has 5 nitrogen and oxygen atoms in total. The molecule has 1 rings (SSSR count). The van der Waals surface area contributed by atoms with Crippen LogP contribution in [-0.2, 0) is 18.3 Å². The van der Waals surface area contributed by atoms with Crippen molar-refractivity contribution in [2.45, 2.75) is 32.7 Å². The minimum atomic E-state index is -0.387. The number of hydrogen-bond acceptors (Lipinski definition) is 4. The Morgan fingerprint density at radius 1 is 1.60 bits per heavy atom. The lowest BCUT2D eigenvalue weighted by Gasteiger charge is -2.12. The lowest BCUT2D eigenvalue weighted by atomic mass is 9.99. The fourth-order valence-electron chi connectivity index (χ4n) is 1.41. The maximum absolute atomic E-state index is 11.7. The van der Waals surface area contributed by atoms with Crippen molar-refractivity contribution in [3.63, 3.8) is 0 Å². The van der Waals surface area contributed by atoms with Crippen molar-refractivity contribution in [2.75, 3.05) is 0 Å². The second-order valence-corrected chi connectivity index (χ2v) is 4.18. The van der Waals surface area contributed by atoms with Gasteiger partial charge in [-0.3, -0.25) is 9.48 Å². The van der Waals surface area contributed by atoms with Gasteiger partial charge in [0.05, 0.1) is 12.5 Å². The van der Waals surface area contributed by atoms with Gasteiger partial charge in [0, 0.05) is 7.05 Å². The number of hydrogen-bond donors (Lipinski definition) is 1. The third kappa shape index (κ3) is 3.43. The molecule has 5 heteroatoms. The lowest BCUT2D eigenvalue weighted by Crippen LogP contribution is -2.33. The first-order valence-electron chi connectivity index (χ1n) is 5.12. The third-order valence-electron chi connectivity index (χ3n) is 2.28. The highest BCUT2D eigenvalue weighted by atomic mass is 16.1. The zero-order valence-electron chi connectivity index (χ0n) is 9.47. The molecule has 2 N–H and O–H groups in total. The Balaban J connectivity index is 2.52. The summed E-state index contributed by atoms with van der Waals surface area (Å²) in [6.07, 6.45) is 2.43. The molecule has 1 aromatic heterocycles. The van der Waals surface area contributed by atoms with E-state index in [1.165, 1.54) is 6.33 Å². The Hall–Kier alpha value is -1.23. The maximum atomic E-state index is 11.7. The van der Waals surface area contributed by atoms with Gasteiger partial charge in [-0.15, -0.1) is 0 Å². The van der Waals surface area contributed by atoms with Crippen LogP contribution < -0.4 is 5.73 Å². The lowest BCUT2D eigenvalue weighted by molar-refractivity contribution is -0.120. The quantitative estimate of drug-likeness (QED) is 0.758. The average molecular weight is 210 g/mol. The molecule has 0 spiro atoms. The highest BCUT2D eigenvalue weighted by Gasteiger charge is 2.17. The molecule has 0 amide bonds. The Morgan fingerprint density at radius 2 is 2.27 bits per heavy atom. The molecule has 1 unspecified atom stereocenters. The molecule has 0 saturated heterocycles. The van der Waals surface area contributed by atoms with Gasteiger partial charge in [-0.05, 0) is 12.3 Å². The summed E-state index contributed by atoms with van der Waals surface area (Å²) < 4.78 is 1.60. The van der Waals surface area contributed by atoms with Crippen LogP contribution in [0.15, 0.2) is 6.33 Å². The third-order valence-corrected chi connectivity index (χ3v) is 2.28. The van der Waals surface area contributed by atoms with Crippen molar-refractivity contribution in [1.29, 1.82) is 0 Å². The molecule has 0 saturated carbocycles. The number of carbonyl (C=O) groups is 1. The molecule has 0 aliphatic rings. The number of aryl methyl sites for hydroxylation is 1. The van der Waals surface area contributed by atoms with Crippen LogP contribution in [0.25, 0.3) is 0 Å². The van der Waals surface area contributed by atoms with Crippen LogP contribution in [-0.4, -0.2) is 26.6 Å². The number of Topliss-reactive ketones (excluding diaryl/α,β-unsaturated/α-hetero) is 1. The highest BCUT2D eigenvalue weighted by molar-refractivity contribution is 5.85. The van der Waals surface area contributed by atoms with Crippen LogP contribution in [0.5, 0.6) is 0 Å². The maximum Gasteiger partial charge on any atom is 0.157 e. The van der Waals surface area contributed by atoms with Crippen LogP contribution in [0.3, 0.4) is 0 Å². The summed E-state index contributed by atoms with van der Waals surface area (Å²) in [7, 11) is 1.77. The van der Waals surface area contributed by atoms with E-state index in [9.17, 15) is 4.79 Å². The topological polar surface area (TPSA) is 73.8 Å². The first-order valence-corrected chi connectivity index (χ1v) is 5.12. The van der Waals surface area contributed by atoms with Crippen molar-refractivity contribution in [1.82, 2.24) is 14.8 Å². The smallest absolute Gasteiger partial charge is 0.157 e. The molecule has 1 heterocycles. The first kappa shape index (κ1) is 11.8. The van der Waals surface area contributed by atoms with Gasteiger partial charge in [-0.1, -0.05) is 13.8 Å². The van der Waals surface area contributed by atoms with E-state index in [2.05, 4.69) is 23.9 Å². The summed E-state index contributed by atoms with van der Waals surface area (Å²) in [5.41, 5.74) is 5.78. The van der Waals surface area contributed by atoms with Gasteiger partial charge in [0.15, 0.2) is 5.78 Å². The largest absolute Gasteiger partial charge is 0.321 e. The molecule has 0 fully saturated rings. The molecular weight excluding hydrogens is 192 g/mol. The van der Waals surface area contributed by atoms with Crippen molar-refractivity contribution in [3.05, 3.63) is 12.2 Å². The van der Waals surface area contributed by atoms with Crippen molar-refractivity contribution in [2.24, 2.45) is 18.7 Å². The van der Waals surface area contributed by atoms with E-state index in [1.807, 2.05) is 0 Å². The number of ketones is 1. The molecule has 1 aromatic rings. The second-order valence-electron chi connectivity index (χ2n) is 4.18. The predicted octanol–water partition coefficient (Wildman–Crippen LogP) is 0.300. The van der Waals surface area contributed by atoms with Gasteiger partial charge in [0.2, 0.25) is 0 Å². The van der Waals surface area contributed by atoms with Gasteiger partial charge >= 0.3 is 0 Å². The van der Waals surface area contributed by atoms with Gasteiger partial charge < -0.3 is 5.73 Å². The molecule has 0 bridgehead atoms. The van der Waals surface area contributed by atoms with E-state index in [0.717, 1.165) is 6.42 Å². The molecular formula is C10H18N4O. The Morgan fingerprint density at radius 3 is 2.73 bits per heavy atom. The fraction of sp³-hybridized carbons (Fsp3) is 0.700. The average Bonchev–Trinajstić information content (AvgIpc) is 2.50. The number of nitrogens with zero attached hydrogens (tertiary/aromatic N) is 3. The Bertz CT molecular complexity index is 332. The zero-order valence-corrected chi connectivity index (χ0v) is 9.47. The second kappa shape index (κ2) is 5.02. The fourth-order valence-corrected chi connectivity index (χ4v) is 1.41. The van der Waals surface area contributed by atoms with Crippen molar-refractivity contribution < 1.29 is 4.79 Å². The summed E-state index contributed by atoms with van der Waals surface area (Å²) >= 11 is 0. The summed E-state index contributed by atoms with van der Waals surface area (Å²) in [6.45, 7) is 4.10. The van der Waals surface area contributed by atoms with Crippen LogP contribution in [0.4, 0.5) is 0 Å². The SMILES string of the molecule is CC(C)CC(N)C(=O)Cc1ncnn1C.